The summed E-state index contributed by atoms with van der Waals surface area (Å²) in [6, 6.07) is 15.5. The summed E-state index contributed by atoms with van der Waals surface area (Å²) < 4.78 is 0. The summed E-state index contributed by atoms with van der Waals surface area (Å²) in [6.45, 7) is 3.65. The lowest BCUT2D eigenvalue weighted by Gasteiger charge is -2.32. The molecule has 1 atom stereocenters. The van der Waals surface area contributed by atoms with Gasteiger partial charge in [-0.25, -0.2) is 0 Å². The van der Waals surface area contributed by atoms with Crippen molar-refractivity contribution in [3.8, 4) is 0 Å². The fourth-order valence-electron chi connectivity index (χ4n) is 3.42. The molecule has 0 saturated heterocycles. The van der Waals surface area contributed by atoms with Gasteiger partial charge in [-0.05, 0) is 35.3 Å². The van der Waals surface area contributed by atoms with Crippen molar-refractivity contribution in [3.63, 3.8) is 0 Å². The van der Waals surface area contributed by atoms with Crippen LogP contribution >= 0.6 is 0 Å². The van der Waals surface area contributed by atoms with Crippen LogP contribution in [0.2, 0.25) is 0 Å². The van der Waals surface area contributed by atoms with Crippen molar-refractivity contribution in [2.75, 3.05) is 5.32 Å². The fraction of sp³-hybridized carbons (Fsp3) is 0.273. The fourth-order valence-corrected chi connectivity index (χ4v) is 3.42. The zero-order chi connectivity index (χ0) is 18.5. The predicted octanol–water partition coefficient (Wildman–Crippen LogP) is 4.54. The standard InChI is InChI=1S/C22H24N2O2/c1-3-8-18-10-5-7-12-20(18)23-22(26)15-21-19-11-6-4-9-17(19)13-14-24(21)16(2)25/h4-7,9-14,21H,3,8,15H2,1-2H3,(H,23,26). The second kappa shape index (κ2) is 8.00. The number of rotatable bonds is 5. The third-order valence-corrected chi connectivity index (χ3v) is 4.66. The monoisotopic (exact) mass is 348 g/mol. The van der Waals surface area contributed by atoms with Crippen LogP contribution in [-0.4, -0.2) is 16.7 Å². The number of aryl methyl sites for hydroxylation is 1. The maximum Gasteiger partial charge on any atom is 0.226 e. The molecule has 1 N–H and O–H groups in total. The van der Waals surface area contributed by atoms with Crippen LogP contribution in [0.4, 0.5) is 5.69 Å². The van der Waals surface area contributed by atoms with Gasteiger partial charge in [0, 0.05) is 18.8 Å². The molecule has 2 aromatic rings. The SMILES string of the molecule is CCCc1ccccc1NC(=O)CC1c2ccccc2C=CN1C(C)=O. The zero-order valence-corrected chi connectivity index (χ0v) is 15.2. The van der Waals surface area contributed by atoms with E-state index in [1.54, 1.807) is 11.1 Å². The largest absolute Gasteiger partial charge is 0.326 e. The van der Waals surface area contributed by atoms with Gasteiger partial charge in [0.15, 0.2) is 0 Å². The lowest BCUT2D eigenvalue weighted by molar-refractivity contribution is -0.129. The number of nitrogens with zero attached hydrogens (tertiary/aromatic N) is 1. The Balaban J connectivity index is 1.81. The van der Waals surface area contributed by atoms with Gasteiger partial charge in [-0.3, -0.25) is 9.59 Å². The van der Waals surface area contributed by atoms with Crippen molar-refractivity contribution >= 4 is 23.6 Å². The average Bonchev–Trinajstić information content (AvgIpc) is 2.63. The van der Waals surface area contributed by atoms with Crippen LogP contribution in [0.1, 0.15) is 49.4 Å². The number of nitrogens with one attached hydrogen (secondary N) is 1. The first-order valence-corrected chi connectivity index (χ1v) is 9.04. The van der Waals surface area contributed by atoms with Crippen molar-refractivity contribution in [3.05, 3.63) is 71.4 Å². The van der Waals surface area contributed by atoms with Gasteiger partial charge < -0.3 is 10.2 Å². The van der Waals surface area contributed by atoms with Crippen molar-refractivity contribution in [2.24, 2.45) is 0 Å². The second-order valence-corrected chi connectivity index (χ2v) is 6.55. The molecule has 1 aliphatic heterocycles. The first kappa shape index (κ1) is 17.9. The Labute approximate surface area is 154 Å². The zero-order valence-electron chi connectivity index (χ0n) is 15.2. The van der Waals surface area contributed by atoms with E-state index in [1.807, 2.05) is 54.6 Å². The highest BCUT2D eigenvalue weighted by molar-refractivity contribution is 5.92. The Morgan fingerprint density at radius 3 is 2.58 bits per heavy atom. The summed E-state index contributed by atoms with van der Waals surface area (Å²) >= 11 is 0. The van der Waals surface area contributed by atoms with Gasteiger partial charge in [0.2, 0.25) is 11.8 Å². The van der Waals surface area contributed by atoms with Gasteiger partial charge in [0.05, 0.1) is 12.5 Å². The summed E-state index contributed by atoms with van der Waals surface area (Å²) in [4.78, 5) is 26.4. The molecule has 2 aromatic carbocycles. The Kier molecular flexibility index (Phi) is 5.52. The smallest absolute Gasteiger partial charge is 0.226 e. The maximum atomic E-state index is 12.7. The van der Waals surface area contributed by atoms with Crippen LogP contribution in [0.25, 0.3) is 6.08 Å². The van der Waals surface area contributed by atoms with Crippen molar-refractivity contribution in [1.82, 2.24) is 4.90 Å². The molecule has 2 amide bonds. The molecule has 0 spiro atoms. The Bertz CT molecular complexity index is 842. The van der Waals surface area contributed by atoms with E-state index in [0.717, 1.165) is 35.2 Å². The lowest BCUT2D eigenvalue weighted by atomic mass is 9.93. The minimum absolute atomic E-state index is 0.0695. The average molecular weight is 348 g/mol. The summed E-state index contributed by atoms with van der Waals surface area (Å²) in [5, 5.41) is 3.03. The molecule has 1 unspecified atom stereocenters. The van der Waals surface area contributed by atoms with Gasteiger partial charge in [-0.15, -0.1) is 0 Å². The van der Waals surface area contributed by atoms with Gasteiger partial charge in [-0.1, -0.05) is 55.8 Å². The number of hydrogen-bond donors (Lipinski definition) is 1. The minimum atomic E-state index is -0.285. The van der Waals surface area contributed by atoms with E-state index >= 15 is 0 Å². The molecule has 26 heavy (non-hydrogen) atoms. The van der Waals surface area contributed by atoms with E-state index in [4.69, 9.17) is 0 Å². The number of fused-ring (bicyclic) bond motifs is 1. The van der Waals surface area contributed by atoms with Crippen molar-refractivity contribution < 1.29 is 9.59 Å². The molecule has 0 aromatic heterocycles. The summed E-state index contributed by atoms with van der Waals surface area (Å²) in [5.41, 5.74) is 4.04. The Morgan fingerprint density at radius 1 is 1.08 bits per heavy atom. The van der Waals surface area contributed by atoms with Crippen molar-refractivity contribution in [2.45, 2.75) is 39.2 Å². The van der Waals surface area contributed by atoms with Gasteiger partial charge in [-0.2, -0.15) is 0 Å². The molecule has 1 heterocycles. The maximum absolute atomic E-state index is 12.7. The number of anilines is 1. The quantitative estimate of drug-likeness (QED) is 0.862. The van der Waals surface area contributed by atoms with Crippen LogP contribution in [0.5, 0.6) is 0 Å². The van der Waals surface area contributed by atoms with Gasteiger partial charge in [0.25, 0.3) is 0 Å². The van der Waals surface area contributed by atoms with Crippen LogP contribution in [0.3, 0.4) is 0 Å². The minimum Gasteiger partial charge on any atom is -0.326 e. The van der Waals surface area contributed by atoms with Gasteiger partial charge in [0.1, 0.15) is 0 Å². The third kappa shape index (κ3) is 3.85. The highest BCUT2D eigenvalue weighted by Crippen LogP contribution is 2.33. The van der Waals surface area contributed by atoms with Crippen LogP contribution in [-0.2, 0) is 16.0 Å². The molecule has 4 nitrogen and oxygen atoms in total. The molecule has 3 rings (SSSR count). The molecule has 0 radical (unpaired) electrons. The Morgan fingerprint density at radius 2 is 1.81 bits per heavy atom. The molecule has 4 heteroatoms. The third-order valence-electron chi connectivity index (χ3n) is 4.66. The van der Waals surface area contributed by atoms with E-state index in [-0.39, 0.29) is 24.3 Å². The number of hydrogen-bond acceptors (Lipinski definition) is 2. The number of para-hydroxylation sites is 1. The van der Waals surface area contributed by atoms with E-state index < -0.39 is 0 Å². The molecule has 0 saturated carbocycles. The second-order valence-electron chi connectivity index (χ2n) is 6.55. The molecule has 0 aliphatic carbocycles. The highest BCUT2D eigenvalue weighted by atomic mass is 16.2. The molecule has 0 fully saturated rings. The van der Waals surface area contributed by atoms with E-state index in [9.17, 15) is 9.59 Å². The van der Waals surface area contributed by atoms with Crippen LogP contribution in [0.15, 0.2) is 54.7 Å². The normalized spacial score (nSPS) is 15.5. The Hall–Kier alpha value is -2.88. The van der Waals surface area contributed by atoms with Crippen LogP contribution in [0, 0.1) is 0 Å². The van der Waals surface area contributed by atoms with E-state index in [1.165, 1.54) is 6.92 Å². The van der Waals surface area contributed by atoms with Crippen LogP contribution < -0.4 is 5.32 Å². The van der Waals surface area contributed by atoms with E-state index in [2.05, 4.69) is 12.2 Å². The highest BCUT2D eigenvalue weighted by Gasteiger charge is 2.28. The lowest BCUT2D eigenvalue weighted by Crippen LogP contribution is -2.33. The topological polar surface area (TPSA) is 49.4 Å². The van der Waals surface area contributed by atoms with Crippen molar-refractivity contribution in [1.29, 1.82) is 0 Å². The molecular weight excluding hydrogens is 324 g/mol. The summed E-state index contributed by atoms with van der Waals surface area (Å²) in [6.07, 6.45) is 5.85. The van der Waals surface area contributed by atoms with Gasteiger partial charge >= 0.3 is 0 Å². The number of carbonyl (C=O) groups excluding carboxylic acids is 2. The summed E-state index contributed by atoms with van der Waals surface area (Å²) in [5.74, 6) is -0.158. The molecule has 134 valence electrons. The summed E-state index contributed by atoms with van der Waals surface area (Å²) in [7, 11) is 0. The number of amides is 2. The predicted molar refractivity (Wildman–Crippen MR) is 104 cm³/mol. The first-order valence-electron chi connectivity index (χ1n) is 9.04. The number of carbonyl (C=O) groups is 2. The first-order chi connectivity index (χ1) is 12.6. The molecule has 0 bridgehead atoms. The molecular formula is C22H24N2O2. The number of benzene rings is 2. The molecule has 1 aliphatic rings. The van der Waals surface area contributed by atoms with E-state index in [0.29, 0.717) is 0 Å².